The molecule has 0 spiro atoms. The van der Waals surface area contributed by atoms with Gasteiger partial charge in [-0.05, 0) is 45.4 Å². The summed E-state index contributed by atoms with van der Waals surface area (Å²) >= 11 is 0. The van der Waals surface area contributed by atoms with Crippen LogP contribution in [0.5, 0.6) is 5.75 Å². The third-order valence-electron chi connectivity index (χ3n) is 4.26. The van der Waals surface area contributed by atoms with Crippen molar-refractivity contribution >= 4 is 27.5 Å². The number of sulfonamides is 1. The van der Waals surface area contributed by atoms with Crippen LogP contribution in [0, 0.1) is 0 Å². The molecule has 0 bridgehead atoms. The third-order valence-corrected chi connectivity index (χ3v) is 5.99. The standard InChI is InChI=1S/C19H26N4O5S/c1-6-14-11-23(29(25,26)15-10-20-22(5)12-15)16-9-13(7-8-17(16)27-14)21-18(24)28-19(2,3)4/h7-10,12,14H,6,11H2,1-5H3,(H,21,24)/t14-/m0/s1. The molecule has 1 aliphatic rings. The van der Waals surface area contributed by atoms with E-state index in [1.54, 1.807) is 46.0 Å². The summed E-state index contributed by atoms with van der Waals surface area (Å²) in [5, 5.41) is 6.60. The number of hydrogen-bond donors (Lipinski definition) is 1. The van der Waals surface area contributed by atoms with Crippen LogP contribution in [0.25, 0.3) is 0 Å². The van der Waals surface area contributed by atoms with E-state index in [1.807, 2.05) is 6.92 Å². The van der Waals surface area contributed by atoms with Crippen molar-refractivity contribution in [3.05, 3.63) is 30.6 Å². The first kappa shape index (κ1) is 21.0. The summed E-state index contributed by atoms with van der Waals surface area (Å²) in [5.41, 5.74) is 0.112. The van der Waals surface area contributed by atoms with Gasteiger partial charge in [-0.2, -0.15) is 5.10 Å². The molecule has 0 saturated carbocycles. The van der Waals surface area contributed by atoms with Crippen LogP contribution in [0.2, 0.25) is 0 Å². The summed E-state index contributed by atoms with van der Waals surface area (Å²) < 4.78 is 40.4. The van der Waals surface area contributed by atoms with E-state index >= 15 is 0 Å². The van der Waals surface area contributed by atoms with Gasteiger partial charge in [0.05, 0.1) is 18.4 Å². The molecule has 2 aromatic rings. The van der Waals surface area contributed by atoms with E-state index in [-0.39, 0.29) is 17.5 Å². The van der Waals surface area contributed by atoms with Crippen LogP contribution in [-0.4, -0.2) is 42.5 Å². The molecule has 1 aromatic carbocycles. The predicted molar refractivity (Wildman–Crippen MR) is 109 cm³/mol. The number of amides is 1. The maximum atomic E-state index is 13.3. The quantitative estimate of drug-likeness (QED) is 0.812. The summed E-state index contributed by atoms with van der Waals surface area (Å²) in [6.07, 6.45) is 2.51. The molecule has 0 aliphatic carbocycles. The highest BCUT2D eigenvalue weighted by atomic mass is 32.2. The molecule has 0 unspecified atom stereocenters. The molecule has 1 aliphatic heterocycles. The molecule has 1 amide bonds. The second-order valence-electron chi connectivity index (χ2n) is 7.84. The summed E-state index contributed by atoms with van der Waals surface area (Å²) in [6, 6.07) is 4.87. The molecule has 1 N–H and O–H groups in total. The summed E-state index contributed by atoms with van der Waals surface area (Å²) in [6.45, 7) is 7.39. The number of benzene rings is 1. The molecule has 10 heteroatoms. The number of fused-ring (bicyclic) bond motifs is 1. The smallest absolute Gasteiger partial charge is 0.412 e. The van der Waals surface area contributed by atoms with Gasteiger partial charge in [-0.1, -0.05) is 6.92 Å². The van der Waals surface area contributed by atoms with Crippen LogP contribution in [-0.2, 0) is 21.8 Å². The molecule has 0 fully saturated rings. The van der Waals surface area contributed by atoms with E-state index in [2.05, 4.69) is 10.4 Å². The molecule has 29 heavy (non-hydrogen) atoms. The number of ether oxygens (including phenoxy) is 2. The lowest BCUT2D eigenvalue weighted by Crippen LogP contribution is -2.43. The van der Waals surface area contributed by atoms with E-state index in [9.17, 15) is 13.2 Å². The van der Waals surface area contributed by atoms with Gasteiger partial charge in [0, 0.05) is 18.9 Å². The van der Waals surface area contributed by atoms with Crippen molar-refractivity contribution in [2.75, 3.05) is 16.2 Å². The highest BCUT2D eigenvalue weighted by Gasteiger charge is 2.35. The van der Waals surface area contributed by atoms with Crippen LogP contribution in [0.3, 0.4) is 0 Å². The van der Waals surface area contributed by atoms with Gasteiger partial charge >= 0.3 is 6.09 Å². The number of carbonyl (C=O) groups excluding carboxylic acids is 1. The lowest BCUT2D eigenvalue weighted by molar-refractivity contribution is 0.0636. The average molecular weight is 423 g/mol. The maximum Gasteiger partial charge on any atom is 0.412 e. The lowest BCUT2D eigenvalue weighted by atomic mass is 10.2. The molecule has 9 nitrogen and oxygen atoms in total. The van der Waals surface area contributed by atoms with Gasteiger partial charge < -0.3 is 9.47 Å². The largest absolute Gasteiger partial charge is 0.486 e. The topological polar surface area (TPSA) is 103 Å². The molecular formula is C19H26N4O5S. The number of hydrogen-bond acceptors (Lipinski definition) is 6. The van der Waals surface area contributed by atoms with Crippen LogP contribution in [0.15, 0.2) is 35.5 Å². The molecule has 1 atom stereocenters. The average Bonchev–Trinajstić information content (AvgIpc) is 3.06. The zero-order chi connectivity index (χ0) is 21.4. The highest BCUT2D eigenvalue weighted by molar-refractivity contribution is 7.92. The van der Waals surface area contributed by atoms with Gasteiger partial charge in [0.1, 0.15) is 22.4 Å². The number of aryl methyl sites for hydroxylation is 1. The van der Waals surface area contributed by atoms with Crippen molar-refractivity contribution in [1.29, 1.82) is 0 Å². The Bertz CT molecular complexity index is 1010. The van der Waals surface area contributed by atoms with Crippen LogP contribution in [0.4, 0.5) is 16.2 Å². The normalized spacial score (nSPS) is 16.7. The minimum Gasteiger partial charge on any atom is -0.486 e. The summed E-state index contributed by atoms with van der Waals surface area (Å²) in [7, 11) is -2.19. The minimum atomic E-state index is -3.85. The number of rotatable bonds is 4. The van der Waals surface area contributed by atoms with E-state index < -0.39 is 21.7 Å². The van der Waals surface area contributed by atoms with Gasteiger partial charge in [0.2, 0.25) is 0 Å². The number of nitrogens with one attached hydrogen (secondary N) is 1. The first-order valence-electron chi connectivity index (χ1n) is 9.31. The second-order valence-corrected chi connectivity index (χ2v) is 9.71. The summed E-state index contributed by atoms with van der Waals surface area (Å²) in [4.78, 5) is 12.2. The van der Waals surface area contributed by atoms with Gasteiger partial charge in [-0.15, -0.1) is 0 Å². The highest BCUT2D eigenvalue weighted by Crippen LogP contribution is 2.39. The second kappa shape index (κ2) is 7.58. The van der Waals surface area contributed by atoms with Crippen molar-refractivity contribution in [2.45, 2.75) is 50.7 Å². The predicted octanol–water partition coefficient (Wildman–Crippen LogP) is 3.13. The fourth-order valence-corrected chi connectivity index (χ4v) is 4.40. The Balaban J connectivity index is 1.97. The van der Waals surface area contributed by atoms with Crippen molar-refractivity contribution in [3.8, 4) is 5.75 Å². The zero-order valence-electron chi connectivity index (χ0n) is 17.2. The lowest BCUT2D eigenvalue weighted by Gasteiger charge is -2.35. The Labute approximate surface area is 170 Å². The first-order chi connectivity index (χ1) is 13.5. The van der Waals surface area contributed by atoms with Crippen molar-refractivity contribution in [3.63, 3.8) is 0 Å². The van der Waals surface area contributed by atoms with Gasteiger partial charge in [-0.3, -0.25) is 14.3 Å². The number of carbonyl (C=O) groups is 1. The fourth-order valence-electron chi connectivity index (χ4n) is 2.91. The zero-order valence-corrected chi connectivity index (χ0v) is 18.0. The molecule has 0 radical (unpaired) electrons. The Kier molecular flexibility index (Phi) is 5.48. The number of aromatic nitrogens is 2. The Morgan fingerprint density at radius 1 is 1.38 bits per heavy atom. The summed E-state index contributed by atoms with van der Waals surface area (Å²) in [5.74, 6) is 0.435. The van der Waals surface area contributed by atoms with Gasteiger partial charge in [-0.25, -0.2) is 13.2 Å². The minimum absolute atomic E-state index is 0.0909. The van der Waals surface area contributed by atoms with E-state index in [0.29, 0.717) is 23.5 Å². The van der Waals surface area contributed by atoms with Gasteiger partial charge in [0.15, 0.2) is 0 Å². The molecular weight excluding hydrogens is 396 g/mol. The number of anilines is 2. The molecule has 1 aromatic heterocycles. The molecule has 158 valence electrons. The fraction of sp³-hybridized carbons (Fsp3) is 0.474. The van der Waals surface area contributed by atoms with Crippen molar-refractivity contribution < 1.29 is 22.7 Å². The Hall–Kier alpha value is -2.75. The van der Waals surface area contributed by atoms with E-state index in [0.717, 1.165) is 0 Å². The van der Waals surface area contributed by atoms with Crippen molar-refractivity contribution in [1.82, 2.24) is 9.78 Å². The Morgan fingerprint density at radius 2 is 2.10 bits per heavy atom. The van der Waals surface area contributed by atoms with Crippen LogP contribution >= 0.6 is 0 Å². The Morgan fingerprint density at radius 3 is 2.69 bits per heavy atom. The van der Waals surface area contributed by atoms with E-state index in [4.69, 9.17) is 9.47 Å². The van der Waals surface area contributed by atoms with E-state index in [1.165, 1.54) is 21.4 Å². The third kappa shape index (κ3) is 4.64. The monoisotopic (exact) mass is 422 g/mol. The SMILES string of the molecule is CC[C@H]1CN(S(=O)(=O)c2cnn(C)c2)c2cc(NC(=O)OC(C)(C)C)ccc2O1. The molecule has 3 rings (SSSR count). The first-order valence-corrected chi connectivity index (χ1v) is 10.8. The van der Waals surface area contributed by atoms with Crippen LogP contribution < -0.4 is 14.4 Å². The van der Waals surface area contributed by atoms with Gasteiger partial charge in [0.25, 0.3) is 10.0 Å². The molecule has 0 saturated heterocycles. The van der Waals surface area contributed by atoms with Crippen molar-refractivity contribution in [2.24, 2.45) is 7.05 Å². The van der Waals surface area contributed by atoms with Crippen LogP contribution in [0.1, 0.15) is 34.1 Å². The molecule has 2 heterocycles. The number of nitrogens with zero attached hydrogens (tertiary/aromatic N) is 3. The maximum absolute atomic E-state index is 13.3.